The minimum Gasteiger partial charge on any atom is -0.310 e. The highest BCUT2D eigenvalue weighted by Crippen LogP contribution is 2.20. The van der Waals surface area contributed by atoms with Crippen molar-refractivity contribution in [3.8, 4) is 0 Å². The third-order valence-electron chi connectivity index (χ3n) is 1.42. The summed E-state index contributed by atoms with van der Waals surface area (Å²) in [5, 5.41) is 2.98. The molecular formula is C6H10F3NO4S. The molecule has 1 fully saturated rings. The molecule has 2 N–H and O–H groups in total. The lowest BCUT2D eigenvalue weighted by Gasteiger charge is -2.08. The lowest BCUT2D eigenvalue weighted by molar-refractivity contribution is -0.119. The van der Waals surface area contributed by atoms with E-state index in [1.54, 1.807) is 0 Å². The second-order valence-corrected chi connectivity index (χ2v) is 4.15. The summed E-state index contributed by atoms with van der Waals surface area (Å²) in [7, 11) is -5.84. The number of rotatable bonds is 0. The number of carbonyl (C=O) groups is 1. The lowest BCUT2D eigenvalue weighted by atomic mass is 10.1. The van der Waals surface area contributed by atoms with Gasteiger partial charge in [-0.2, -0.15) is 21.6 Å². The van der Waals surface area contributed by atoms with E-state index < -0.39 is 15.6 Å². The Bertz CT molecular complexity index is 303. The normalized spacial score (nSPS) is 18.0. The van der Waals surface area contributed by atoms with Crippen molar-refractivity contribution in [2.24, 2.45) is 0 Å². The van der Waals surface area contributed by atoms with E-state index in [1.165, 1.54) is 0 Å². The Kier molecular flexibility index (Phi) is 5.18. The van der Waals surface area contributed by atoms with Crippen molar-refractivity contribution in [1.29, 1.82) is 0 Å². The number of Topliss-reactive ketones (excluding diaryl/α,β-unsaturated/α-hetero) is 1. The summed E-state index contributed by atoms with van der Waals surface area (Å²) in [6, 6.07) is 0. The largest absolute Gasteiger partial charge is 0.522 e. The standard InChI is InChI=1S/C5H9NO.CHF3O3S/c7-5-2-1-3-6-4-5;2-1(3,4)8(5,6)7/h6H,1-4H2;(H,5,6,7). The molecule has 0 aromatic carbocycles. The summed E-state index contributed by atoms with van der Waals surface area (Å²) in [5.41, 5.74) is -5.53. The van der Waals surface area contributed by atoms with Crippen molar-refractivity contribution in [3.63, 3.8) is 0 Å². The van der Waals surface area contributed by atoms with Gasteiger partial charge in [0.1, 0.15) is 5.78 Å². The number of ketones is 1. The van der Waals surface area contributed by atoms with Crippen LogP contribution in [0.1, 0.15) is 12.8 Å². The molecule has 5 nitrogen and oxygen atoms in total. The summed E-state index contributed by atoms with van der Waals surface area (Å²) in [5.74, 6) is 0.353. The molecule has 0 aromatic rings. The smallest absolute Gasteiger partial charge is 0.310 e. The molecule has 90 valence electrons. The van der Waals surface area contributed by atoms with Gasteiger partial charge in [0.05, 0.1) is 6.54 Å². The Balaban J connectivity index is 0.000000262. The molecule has 0 unspecified atom stereocenters. The lowest BCUT2D eigenvalue weighted by Crippen LogP contribution is -2.29. The first-order valence-corrected chi connectivity index (χ1v) is 5.35. The number of halogens is 3. The average Bonchev–Trinajstić information content (AvgIpc) is 2.02. The Morgan fingerprint density at radius 3 is 1.93 bits per heavy atom. The van der Waals surface area contributed by atoms with E-state index in [0.29, 0.717) is 12.3 Å². The number of carbonyl (C=O) groups excluding carboxylic acids is 1. The van der Waals surface area contributed by atoms with Gasteiger partial charge >= 0.3 is 15.6 Å². The first-order chi connectivity index (χ1) is 6.64. The molecule has 0 atom stereocenters. The van der Waals surface area contributed by atoms with Crippen LogP contribution in [0.25, 0.3) is 0 Å². The van der Waals surface area contributed by atoms with Gasteiger partial charge in [-0.1, -0.05) is 0 Å². The van der Waals surface area contributed by atoms with Crippen LogP contribution in [0, 0.1) is 0 Å². The van der Waals surface area contributed by atoms with Gasteiger partial charge in [0, 0.05) is 6.42 Å². The number of piperidine rings is 1. The zero-order valence-electron chi connectivity index (χ0n) is 7.54. The molecule has 1 aliphatic rings. The maximum absolute atomic E-state index is 10.7. The van der Waals surface area contributed by atoms with E-state index in [2.05, 4.69) is 5.32 Å². The Morgan fingerprint density at radius 1 is 1.33 bits per heavy atom. The minimum absolute atomic E-state index is 0.353. The first-order valence-electron chi connectivity index (χ1n) is 3.91. The molecule has 1 heterocycles. The topological polar surface area (TPSA) is 83.5 Å². The van der Waals surface area contributed by atoms with Crippen molar-refractivity contribution in [1.82, 2.24) is 5.32 Å². The van der Waals surface area contributed by atoms with Crippen LogP contribution in [0.2, 0.25) is 0 Å². The monoisotopic (exact) mass is 249 g/mol. The van der Waals surface area contributed by atoms with Gasteiger partial charge in [-0.3, -0.25) is 9.35 Å². The van der Waals surface area contributed by atoms with Crippen molar-refractivity contribution >= 4 is 15.9 Å². The van der Waals surface area contributed by atoms with Gasteiger partial charge in [0.25, 0.3) is 0 Å². The van der Waals surface area contributed by atoms with Gasteiger partial charge < -0.3 is 5.32 Å². The fraction of sp³-hybridized carbons (Fsp3) is 0.833. The van der Waals surface area contributed by atoms with Crippen molar-refractivity contribution in [2.75, 3.05) is 13.1 Å². The second kappa shape index (κ2) is 5.42. The van der Waals surface area contributed by atoms with E-state index in [-0.39, 0.29) is 0 Å². The van der Waals surface area contributed by atoms with Gasteiger partial charge in [-0.15, -0.1) is 0 Å². The fourth-order valence-corrected chi connectivity index (χ4v) is 0.727. The third-order valence-corrected chi connectivity index (χ3v) is 2.01. The van der Waals surface area contributed by atoms with Gasteiger partial charge in [0.15, 0.2) is 0 Å². The number of nitrogens with one attached hydrogen (secondary N) is 1. The maximum Gasteiger partial charge on any atom is 0.522 e. The molecule has 1 saturated heterocycles. The zero-order chi connectivity index (χ0) is 12.1. The van der Waals surface area contributed by atoms with Crippen LogP contribution in [0.3, 0.4) is 0 Å². The average molecular weight is 249 g/mol. The molecule has 9 heteroatoms. The van der Waals surface area contributed by atoms with Gasteiger partial charge in [-0.25, -0.2) is 0 Å². The molecular weight excluding hydrogens is 239 g/mol. The fourth-order valence-electron chi connectivity index (χ4n) is 0.727. The molecule has 0 saturated carbocycles. The highest BCUT2D eigenvalue weighted by Gasteiger charge is 2.44. The van der Waals surface area contributed by atoms with Crippen LogP contribution in [0.15, 0.2) is 0 Å². The SMILES string of the molecule is O=C1CCCNC1.O=S(=O)(O)C(F)(F)F. The highest BCUT2D eigenvalue weighted by molar-refractivity contribution is 7.86. The number of hydrogen-bond acceptors (Lipinski definition) is 4. The number of hydrogen-bond donors (Lipinski definition) is 2. The summed E-state index contributed by atoms with van der Waals surface area (Å²) in [6.07, 6.45) is 1.81. The number of alkyl halides is 3. The molecule has 0 aliphatic carbocycles. The van der Waals surface area contributed by atoms with Crippen molar-refractivity contribution in [3.05, 3.63) is 0 Å². The zero-order valence-corrected chi connectivity index (χ0v) is 8.36. The summed E-state index contributed by atoms with van der Waals surface area (Å²) >= 11 is 0. The van der Waals surface area contributed by atoms with Crippen LogP contribution < -0.4 is 5.32 Å². The van der Waals surface area contributed by atoms with Crippen LogP contribution in [0.4, 0.5) is 13.2 Å². The first kappa shape index (κ1) is 14.3. The minimum atomic E-state index is -5.84. The molecule has 0 aromatic heterocycles. The van der Waals surface area contributed by atoms with E-state index in [1.807, 2.05) is 0 Å². The summed E-state index contributed by atoms with van der Waals surface area (Å²) < 4.78 is 57.5. The molecule has 1 rings (SSSR count). The van der Waals surface area contributed by atoms with E-state index in [0.717, 1.165) is 19.4 Å². The summed E-state index contributed by atoms with van der Waals surface area (Å²) in [4.78, 5) is 10.4. The van der Waals surface area contributed by atoms with Crippen LogP contribution >= 0.6 is 0 Å². The van der Waals surface area contributed by atoms with Gasteiger partial charge in [-0.05, 0) is 13.0 Å². The Morgan fingerprint density at radius 2 is 1.80 bits per heavy atom. The molecule has 0 radical (unpaired) electrons. The van der Waals surface area contributed by atoms with E-state index in [9.17, 15) is 18.0 Å². The van der Waals surface area contributed by atoms with E-state index in [4.69, 9.17) is 13.0 Å². The van der Waals surface area contributed by atoms with Gasteiger partial charge in [0.2, 0.25) is 0 Å². The Labute approximate surface area is 84.4 Å². The maximum atomic E-state index is 10.7. The Hall–Kier alpha value is -0.670. The molecule has 0 spiro atoms. The van der Waals surface area contributed by atoms with Crippen LogP contribution in [-0.2, 0) is 14.9 Å². The third kappa shape index (κ3) is 6.42. The van der Waals surface area contributed by atoms with Crippen LogP contribution in [-0.4, -0.2) is 37.4 Å². The highest BCUT2D eigenvalue weighted by atomic mass is 32.2. The van der Waals surface area contributed by atoms with E-state index >= 15 is 0 Å². The second-order valence-electron chi connectivity index (χ2n) is 2.74. The molecule has 0 bridgehead atoms. The molecule has 0 amide bonds. The van der Waals surface area contributed by atoms with Crippen molar-refractivity contribution < 1.29 is 30.9 Å². The molecule has 1 aliphatic heterocycles. The summed E-state index contributed by atoms with van der Waals surface area (Å²) in [6.45, 7) is 1.62. The predicted molar refractivity (Wildman–Crippen MR) is 44.7 cm³/mol. The molecule has 15 heavy (non-hydrogen) atoms. The van der Waals surface area contributed by atoms with Crippen molar-refractivity contribution in [2.45, 2.75) is 18.3 Å². The van der Waals surface area contributed by atoms with Crippen LogP contribution in [0.5, 0.6) is 0 Å². The quantitative estimate of drug-likeness (QED) is 0.477. The predicted octanol–water partition coefficient (Wildman–Crippen LogP) is 0.333.